The van der Waals surface area contributed by atoms with Crippen LogP contribution in [0.2, 0.25) is 5.04 Å². The maximum Gasteiger partial charge on any atom is 0.0514 e. The summed E-state index contributed by atoms with van der Waals surface area (Å²) in [6.07, 6.45) is 0.821. The zero-order chi connectivity index (χ0) is 6.78. The van der Waals surface area contributed by atoms with Crippen LogP contribution in [0.25, 0.3) is 0 Å². The van der Waals surface area contributed by atoms with Gasteiger partial charge < -0.3 is 5.11 Å². The maximum absolute atomic E-state index is 8.91. The average molecular weight is 132 g/mol. The van der Waals surface area contributed by atoms with Crippen LogP contribution < -0.4 is 0 Å². The summed E-state index contributed by atoms with van der Waals surface area (Å²) < 4.78 is 0. The standard InChI is InChI=1S/C6H16OSi/c1-5(7)4-6(2,3)8/h5,7H,4H2,1-3,8H3. The van der Waals surface area contributed by atoms with Crippen molar-refractivity contribution in [1.82, 2.24) is 0 Å². The first-order valence-electron chi connectivity index (χ1n) is 3.10. The van der Waals surface area contributed by atoms with Crippen molar-refractivity contribution in [1.29, 1.82) is 0 Å². The lowest BCUT2D eigenvalue weighted by atomic mass is 10.1. The van der Waals surface area contributed by atoms with Gasteiger partial charge in [-0.1, -0.05) is 13.8 Å². The van der Waals surface area contributed by atoms with E-state index in [2.05, 4.69) is 13.8 Å². The van der Waals surface area contributed by atoms with Gasteiger partial charge in [-0.2, -0.15) is 0 Å². The van der Waals surface area contributed by atoms with Gasteiger partial charge in [0.15, 0.2) is 0 Å². The largest absolute Gasteiger partial charge is 0.393 e. The SMILES string of the molecule is CC(O)CC(C)(C)[SiH3]. The number of aliphatic hydroxyl groups excluding tert-OH is 1. The van der Waals surface area contributed by atoms with Gasteiger partial charge in [0, 0.05) is 10.2 Å². The van der Waals surface area contributed by atoms with Gasteiger partial charge in [-0.25, -0.2) is 0 Å². The quantitative estimate of drug-likeness (QED) is 0.537. The molecule has 0 radical (unpaired) electrons. The van der Waals surface area contributed by atoms with Crippen LogP contribution in [0.5, 0.6) is 0 Å². The Kier molecular flexibility index (Phi) is 2.70. The van der Waals surface area contributed by atoms with E-state index in [1.807, 2.05) is 6.92 Å². The second-order valence-electron chi connectivity index (χ2n) is 3.61. The highest BCUT2D eigenvalue weighted by molar-refractivity contribution is 6.14. The molecule has 0 bridgehead atoms. The molecule has 0 rings (SSSR count). The zero-order valence-corrected chi connectivity index (χ0v) is 8.23. The second kappa shape index (κ2) is 2.64. The molecule has 0 aromatic carbocycles. The predicted octanol–water partition coefficient (Wildman–Crippen LogP) is 0.321. The molecular formula is C6H16OSi. The van der Waals surface area contributed by atoms with Crippen LogP contribution in [0, 0.1) is 0 Å². The van der Waals surface area contributed by atoms with E-state index in [1.54, 1.807) is 0 Å². The van der Waals surface area contributed by atoms with Crippen molar-refractivity contribution in [3.63, 3.8) is 0 Å². The molecule has 1 nitrogen and oxygen atoms in total. The van der Waals surface area contributed by atoms with E-state index in [0.717, 1.165) is 6.42 Å². The first kappa shape index (κ1) is 8.18. The lowest BCUT2D eigenvalue weighted by Gasteiger charge is -2.19. The van der Waals surface area contributed by atoms with Crippen molar-refractivity contribution >= 4 is 10.2 Å². The van der Waals surface area contributed by atoms with Crippen molar-refractivity contribution in [3.05, 3.63) is 0 Å². The van der Waals surface area contributed by atoms with Crippen LogP contribution >= 0.6 is 0 Å². The summed E-state index contributed by atoms with van der Waals surface area (Å²) in [5.74, 6) is 0. The zero-order valence-electron chi connectivity index (χ0n) is 6.23. The molecule has 50 valence electrons. The average Bonchev–Trinajstić information content (AvgIpc) is 1.21. The van der Waals surface area contributed by atoms with Crippen LogP contribution in [-0.4, -0.2) is 21.5 Å². The van der Waals surface area contributed by atoms with Gasteiger partial charge in [0.25, 0.3) is 0 Å². The molecule has 2 heteroatoms. The summed E-state index contributed by atoms with van der Waals surface area (Å²) in [6, 6.07) is 0. The highest BCUT2D eigenvalue weighted by Crippen LogP contribution is 2.24. The third-order valence-corrected chi connectivity index (χ3v) is 1.32. The molecule has 0 aliphatic carbocycles. The Bertz CT molecular complexity index is 63.4. The van der Waals surface area contributed by atoms with Crippen LogP contribution in [0.4, 0.5) is 0 Å². The first-order chi connectivity index (χ1) is 3.42. The van der Waals surface area contributed by atoms with Gasteiger partial charge in [0.05, 0.1) is 6.10 Å². The highest BCUT2D eigenvalue weighted by atomic mass is 28.1. The normalized spacial score (nSPS) is 16.5. The van der Waals surface area contributed by atoms with Gasteiger partial charge in [-0.05, 0) is 18.4 Å². The molecule has 0 aliphatic rings. The Labute approximate surface area is 54.5 Å². The molecule has 0 saturated carbocycles. The minimum Gasteiger partial charge on any atom is -0.393 e. The molecule has 1 unspecified atom stereocenters. The summed E-state index contributed by atoms with van der Waals surface area (Å²) in [7, 11) is 1.17. The lowest BCUT2D eigenvalue weighted by molar-refractivity contribution is 0.171. The van der Waals surface area contributed by atoms with Gasteiger partial charge in [0.2, 0.25) is 0 Å². The molecule has 0 fully saturated rings. The molecule has 0 heterocycles. The Balaban J connectivity index is 3.39. The lowest BCUT2D eigenvalue weighted by Crippen LogP contribution is -2.11. The van der Waals surface area contributed by atoms with Gasteiger partial charge in [-0.15, -0.1) is 0 Å². The monoisotopic (exact) mass is 132 g/mol. The molecule has 0 aromatic rings. The number of aliphatic hydroxyl groups is 1. The van der Waals surface area contributed by atoms with Crippen molar-refractivity contribution in [2.24, 2.45) is 0 Å². The molecule has 0 aliphatic heterocycles. The van der Waals surface area contributed by atoms with Crippen LogP contribution in [0.15, 0.2) is 0 Å². The molecule has 0 saturated heterocycles. The summed E-state index contributed by atoms with van der Waals surface area (Å²) in [4.78, 5) is 0. The smallest absolute Gasteiger partial charge is 0.0514 e. The first-order valence-corrected chi connectivity index (χ1v) is 4.10. The fraction of sp³-hybridized carbons (Fsp3) is 1.00. The van der Waals surface area contributed by atoms with Gasteiger partial charge in [0.1, 0.15) is 0 Å². The Morgan fingerprint density at radius 3 is 2.00 bits per heavy atom. The van der Waals surface area contributed by atoms with E-state index in [1.165, 1.54) is 10.2 Å². The van der Waals surface area contributed by atoms with Crippen molar-refractivity contribution in [3.8, 4) is 0 Å². The summed E-state index contributed by atoms with van der Waals surface area (Å²) in [5.41, 5.74) is 0. The number of hydrogen-bond acceptors (Lipinski definition) is 1. The van der Waals surface area contributed by atoms with Gasteiger partial charge >= 0.3 is 0 Å². The van der Waals surface area contributed by atoms with E-state index in [4.69, 9.17) is 5.11 Å². The molecule has 0 amide bonds. The fourth-order valence-electron chi connectivity index (χ4n) is 0.886. The summed E-state index contributed by atoms with van der Waals surface area (Å²) in [6.45, 7) is 6.22. The number of rotatable bonds is 2. The van der Waals surface area contributed by atoms with Crippen molar-refractivity contribution in [2.75, 3.05) is 0 Å². The highest BCUT2D eigenvalue weighted by Gasteiger charge is 2.12. The Morgan fingerprint density at radius 2 is 2.00 bits per heavy atom. The molecule has 8 heavy (non-hydrogen) atoms. The van der Waals surface area contributed by atoms with E-state index >= 15 is 0 Å². The van der Waals surface area contributed by atoms with Crippen LogP contribution in [0.3, 0.4) is 0 Å². The minimum atomic E-state index is -0.123. The third kappa shape index (κ3) is 6.18. The summed E-state index contributed by atoms with van der Waals surface area (Å²) in [5, 5.41) is 9.32. The topological polar surface area (TPSA) is 20.2 Å². The maximum atomic E-state index is 8.91. The van der Waals surface area contributed by atoms with Crippen molar-refractivity contribution < 1.29 is 5.11 Å². The fourth-order valence-corrected chi connectivity index (χ4v) is 1.48. The van der Waals surface area contributed by atoms with E-state index in [-0.39, 0.29) is 6.10 Å². The molecule has 0 spiro atoms. The van der Waals surface area contributed by atoms with E-state index < -0.39 is 0 Å². The van der Waals surface area contributed by atoms with Crippen LogP contribution in [0.1, 0.15) is 27.2 Å². The Morgan fingerprint density at radius 1 is 1.62 bits per heavy atom. The third-order valence-electron chi connectivity index (χ3n) is 0.908. The number of hydrogen-bond donors (Lipinski definition) is 1. The van der Waals surface area contributed by atoms with Crippen molar-refractivity contribution in [2.45, 2.75) is 38.3 Å². The molecular weight excluding hydrogens is 116 g/mol. The molecule has 1 N–H and O–H groups in total. The summed E-state index contributed by atoms with van der Waals surface area (Å²) >= 11 is 0. The molecule has 1 atom stereocenters. The second-order valence-corrected chi connectivity index (χ2v) is 6.32. The van der Waals surface area contributed by atoms with Gasteiger partial charge in [-0.3, -0.25) is 0 Å². The van der Waals surface area contributed by atoms with E-state index in [0.29, 0.717) is 5.04 Å². The minimum absolute atomic E-state index is 0.123. The van der Waals surface area contributed by atoms with E-state index in [9.17, 15) is 0 Å². The molecule has 0 aromatic heterocycles. The van der Waals surface area contributed by atoms with Crippen LogP contribution in [-0.2, 0) is 0 Å². The Hall–Kier alpha value is 0.177. The predicted molar refractivity (Wildman–Crippen MR) is 40.3 cm³/mol.